The van der Waals surface area contributed by atoms with Crippen LogP contribution in [0.15, 0.2) is 0 Å². The summed E-state index contributed by atoms with van der Waals surface area (Å²) in [5.41, 5.74) is 5.04. The third-order valence-electron chi connectivity index (χ3n) is 1.83. The van der Waals surface area contributed by atoms with Crippen LogP contribution in [0.25, 0.3) is 0 Å². The summed E-state index contributed by atoms with van der Waals surface area (Å²) in [6.45, 7) is 6.53. The van der Waals surface area contributed by atoms with Crippen LogP contribution >= 0.6 is 0 Å². The molecule has 0 aliphatic carbocycles. The molecule has 0 aromatic carbocycles. The van der Waals surface area contributed by atoms with Gasteiger partial charge in [0.05, 0.1) is 6.54 Å². The van der Waals surface area contributed by atoms with E-state index in [1.54, 1.807) is 0 Å². The van der Waals surface area contributed by atoms with Crippen molar-refractivity contribution in [3.63, 3.8) is 0 Å². The first kappa shape index (κ1) is 11.4. The van der Waals surface area contributed by atoms with Crippen molar-refractivity contribution in [3.05, 3.63) is 0 Å². The van der Waals surface area contributed by atoms with Crippen LogP contribution < -0.4 is 5.73 Å². The van der Waals surface area contributed by atoms with Gasteiger partial charge in [0.1, 0.15) is 0 Å². The first-order chi connectivity index (χ1) is 5.79. The number of rotatable bonds is 2. The Morgan fingerprint density at radius 3 is 2.17 bits per heavy atom. The zero-order valence-corrected chi connectivity index (χ0v) is 8.18. The summed E-state index contributed by atoms with van der Waals surface area (Å²) in [6, 6.07) is 0. The maximum Gasteiger partial charge on any atom is 0.231 e. The average molecular weight is 172 g/mol. The van der Waals surface area contributed by atoms with Crippen LogP contribution in [0.4, 0.5) is 0 Å². The van der Waals surface area contributed by atoms with E-state index in [0.29, 0.717) is 6.54 Å². The molecule has 1 heterocycles. The summed E-state index contributed by atoms with van der Waals surface area (Å²) < 4.78 is 0. The number of hydrogen-bond donors (Lipinski definition) is 1. The summed E-state index contributed by atoms with van der Waals surface area (Å²) in [5, 5.41) is 0. The minimum absolute atomic E-state index is 0.207. The molecule has 0 radical (unpaired) electrons. The van der Waals surface area contributed by atoms with E-state index in [1.807, 2.05) is 13.8 Å². The predicted molar refractivity (Wildman–Crippen MR) is 50.8 cm³/mol. The summed E-state index contributed by atoms with van der Waals surface area (Å²) in [5.74, 6) is -0.207. The molecule has 1 aliphatic heterocycles. The summed E-state index contributed by atoms with van der Waals surface area (Å²) >= 11 is 0. The van der Waals surface area contributed by atoms with E-state index in [0.717, 1.165) is 13.1 Å². The van der Waals surface area contributed by atoms with Crippen LogP contribution in [-0.4, -0.2) is 30.4 Å². The first-order valence-corrected chi connectivity index (χ1v) is 4.80. The molecule has 0 aromatic rings. The molecule has 0 aromatic heterocycles. The zero-order valence-electron chi connectivity index (χ0n) is 8.18. The lowest BCUT2D eigenvalue weighted by Gasteiger charge is -2.24. The normalized spacial score (nSPS) is 17.8. The fraction of sp³-hybridized carbons (Fsp3) is 0.889. The standard InChI is InChI=1S/C7H14N2O.C2H6/c8-7(10)6-9-4-2-1-3-5-9;1-2/h1-6H2,(H2,8,10);1-2H3. The number of nitrogens with two attached hydrogens (primary N) is 1. The van der Waals surface area contributed by atoms with Gasteiger partial charge in [-0.15, -0.1) is 0 Å². The molecule has 3 heteroatoms. The highest BCUT2D eigenvalue weighted by Crippen LogP contribution is 2.06. The van der Waals surface area contributed by atoms with E-state index in [4.69, 9.17) is 5.73 Å². The molecule has 3 nitrogen and oxygen atoms in total. The second-order valence-electron chi connectivity index (χ2n) is 2.80. The highest BCUT2D eigenvalue weighted by Gasteiger charge is 2.10. The molecule has 0 unspecified atom stereocenters. The molecule has 1 saturated heterocycles. The van der Waals surface area contributed by atoms with Gasteiger partial charge >= 0.3 is 0 Å². The monoisotopic (exact) mass is 172 g/mol. The van der Waals surface area contributed by atoms with Gasteiger partial charge in [-0.1, -0.05) is 20.3 Å². The fourth-order valence-corrected chi connectivity index (χ4v) is 1.34. The van der Waals surface area contributed by atoms with Crippen molar-refractivity contribution in [1.82, 2.24) is 4.90 Å². The molecule has 1 aliphatic rings. The summed E-state index contributed by atoms with van der Waals surface area (Å²) in [6.07, 6.45) is 3.73. The Kier molecular flexibility index (Phi) is 6.76. The minimum Gasteiger partial charge on any atom is -0.369 e. The van der Waals surface area contributed by atoms with Crippen molar-refractivity contribution in [2.45, 2.75) is 33.1 Å². The maximum absolute atomic E-state index is 10.4. The van der Waals surface area contributed by atoms with Crippen LogP contribution in [0.1, 0.15) is 33.1 Å². The molecule has 1 amide bonds. The number of piperidine rings is 1. The largest absolute Gasteiger partial charge is 0.369 e. The Morgan fingerprint density at radius 1 is 1.25 bits per heavy atom. The van der Waals surface area contributed by atoms with E-state index in [9.17, 15) is 4.79 Å². The Hall–Kier alpha value is -0.570. The van der Waals surface area contributed by atoms with Crippen molar-refractivity contribution in [2.75, 3.05) is 19.6 Å². The Labute approximate surface area is 74.9 Å². The topological polar surface area (TPSA) is 46.3 Å². The van der Waals surface area contributed by atoms with Gasteiger partial charge in [0.15, 0.2) is 0 Å². The SMILES string of the molecule is CC.NC(=O)CN1CCCCC1. The van der Waals surface area contributed by atoms with Crippen molar-refractivity contribution in [1.29, 1.82) is 0 Å². The number of hydrogen-bond acceptors (Lipinski definition) is 2. The van der Waals surface area contributed by atoms with Gasteiger partial charge in [-0.05, 0) is 25.9 Å². The quantitative estimate of drug-likeness (QED) is 0.675. The minimum atomic E-state index is -0.207. The van der Waals surface area contributed by atoms with Crippen molar-refractivity contribution in [3.8, 4) is 0 Å². The molecular formula is C9H20N2O. The molecule has 1 fully saturated rings. The third-order valence-corrected chi connectivity index (χ3v) is 1.83. The highest BCUT2D eigenvalue weighted by atomic mass is 16.1. The Morgan fingerprint density at radius 2 is 1.75 bits per heavy atom. The number of amides is 1. The van der Waals surface area contributed by atoms with Crippen LogP contribution in [0.3, 0.4) is 0 Å². The molecule has 0 bridgehead atoms. The van der Waals surface area contributed by atoms with E-state index in [-0.39, 0.29) is 5.91 Å². The number of carbonyl (C=O) groups is 1. The number of primary amides is 1. The van der Waals surface area contributed by atoms with Crippen LogP contribution in [0, 0.1) is 0 Å². The van der Waals surface area contributed by atoms with Gasteiger partial charge in [0.25, 0.3) is 0 Å². The molecule has 2 N–H and O–H groups in total. The van der Waals surface area contributed by atoms with Gasteiger partial charge in [-0.3, -0.25) is 9.69 Å². The average Bonchev–Trinajstić information content (AvgIpc) is 2.08. The smallest absolute Gasteiger partial charge is 0.231 e. The number of carbonyl (C=O) groups excluding carboxylic acids is 1. The Balaban J connectivity index is 0.000000561. The number of nitrogens with zero attached hydrogens (tertiary/aromatic N) is 1. The fourth-order valence-electron chi connectivity index (χ4n) is 1.34. The van der Waals surface area contributed by atoms with Crippen molar-refractivity contribution in [2.24, 2.45) is 5.73 Å². The van der Waals surface area contributed by atoms with Crippen molar-refractivity contribution < 1.29 is 4.79 Å². The lowest BCUT2D eigenvalue weighted by atomic mass is 10.1. The second-order valence-corrected chi connectivity index (χ2v) is 2.80. The van der Waals surface area contributed by atoms with Gasteiger partial charge in [-0.2, -0.15) is 0 Å². The van der Waals surface area contributed by atoms with Gasteiger partial charge in [0.2, 0.25) is 5.91 Å². The lowest BCUT2D eigenvalue weighted by Crippen LogP contribution is -2.37. The Bertz CT molecular complexity index is 120. The first-order valence-electron chi connectivity index (χ1n) is 4.80. The summed E-state index contributed by atoms with van der Waals surface area (Å²) in [4.78, 5) is 12.6. The molecule has 0 atom stereocenters. The highest BCUT2D eigenvalue weighted by molar-refractivity contribution is 5.75. The molecule has 1 rings (SSSR count). The number of likely N-dealkylation sites (tertiary alicyclic amines) is 1. The van der Waals surface area contributed by atoms with Gasteiger partial charge < -0.3 is 5.73 Å². The molecule has 0 saturated carbocycles. The third kappa shape index (κ3) is 5.13. The van der Waals surface area contributed by atoms with E-state index in [2.05, 4.69) is 4.90 Å². The van der Waals surface area contributed by atoms with Crippen LogP contribution in [0.2, 0.25) is 0 Å². The van der Waals surface area contributed by atoms with Crippen LogP contribution in [-0.2, 0) is 4.79 Å². The summed E-state index contributed by atoms with van der Waals surface area (Å²) in [7, 11) is 0. The van der Waals surface area contributed by atoms with Crippen molar-refractivity contribution >= 4 is 5.91 Å². The molecule has 0 spiro atoms. The van der Waals surface area contributed by atoms with Crippen LogP contribution in [0.5, 0.6) is 0 Å². The lowest BCUT2D eigenvalue weighted by molar-refractivity contribution is -0.119. The second kappa shape index (κ2) is 7.10. The van der Waals surface area contributed by atoms with E-state index >= 15 is 0 Å². The maximum atomic E-state index is 10.4. The van der Waals surface area contributed by atoms with E-state index < -0.39 is 0 Å². The zero-order chi connectivity index (χ0) is 9.40. The van der Waals surface area contributed by atoms with Gasteiger partial charge in [-0.25, -0.2) is 0 Å². The van der Waals surface area contributed by atoms with E-state index in [1.165, 1.54) is 19.3 Å². The molecule has 72 valence electrons. The molecular weight excluding hydrogens is 152 g/mol. The molecule has 12 heavy (non-hydrogen) atoms. The predicted octanol–water partition coefficient (Wildman–Crippen LogP) is 0.984. The van der Waals surface area contributed by atoms with Gasteiger partial charge in [0, 0.05) is 0 Å².